The molecule has 1 unspecified atom stereocenters. The second kappa shape index (κ2) is 6.44. The van der Waals surface area contributed by atoms with Gasteiger partial charge in [0.15, 0.2) is 11.5 Å². The predicted octanol–water partition coefficient (Wildman–Crippen LogP) is 3.64. The second-order valence-electron chi connectivity index (χ2n) is 7.21. The van der Waals surface area contributed by atoms with E-state index in [9.17, 15) is 4.79 Å². The van der Waals surface area contributed by atoms with Gasteiger partial charge in [0, 0.05) is 12.7 Å². The number of carbonyl (C=O) groups is 1. The van der Waals surface area contributed by atoms with Gasteiger partial charge in [0.1, 0.15) is 0 Å². The van der Waals surface area contributed by atoms with E-state index in [1.54, 1.807) is 12.3 Å². The van der Waals surface area contributed by atoms with Crippen LogP contribution < -0.4 is 5.73 Å². The van der Waals surface area contributed by atoms with E-state index < -0.39 is 0 Å². The highest BCUT2D eigenvalue weighted by Gasteiger charge is 2.31. The van der Waals surface area contributed by atoms with Crippen LogP contribution in [-0.4, -0.2) is 32.5 Å². The number of H-pyrrole nitrogens is 1. The molecule has 6 heteroatoms. The number of aromatic amines is 1. The van der Waals surface area contributed by atoms with Crippen LogP contribution in [0.25, 0.3) is 11.0 Å². The van der Waals surface area contributed by atoms with Gasteiger partial charge in [0.2, 0.25) is 0 Å². The molecule has 134 valence electrons. The Morgan fingerprint density at radius 2 is 2.08 bits per heavy atom. The van der Waals surface area contributed by atoms with Gasteiger partial charge in [0.05, 0.1) is 17.0 Å². The third kappa shape index (κ3) is 2.81. The summed E-state index contributed by atoms with van der Waals surface area (Å²) in [6, 6.07) is 10.5. The maximum atomic E-state index is 13.1. The molecule has 3 aromatic rings. The molecule has 1 aliphatic heterocycles. The Bertz CT molecular complexity index is 944. The zero-order valence-corrected chi connectivity index (χ0v) is 15.1. The van der Waals surface area contributed by atoms with Gasteiger partial charge in [0.25, 0.3) is 5.91 Å². The van der Waals surface area contributed by atoms with Crippen LogP contribution in [-0.2, 0) is 0 Å². The van der Waals surface area contributed by atoms with Crippen molar-refractivity contribution < 1.29 is 4.79 Å². The molecule has 0 bridgehead atoms. The number of aromatic nitrogens is 3. The number of fused-ring (bicyclic) bond motifs is 1. The van der Waals surface area contributed by atoms with Gasteiger partial charge in [-0.15, -0.1) is 0 Å². The molecular weight excluding hydrogens is 326 g/mol. The smallest absolute Gasteiger partial charge is 0.255 e. The molecule has 3 heterocycles. The quantitative estimate of drug-likeness (QED) is 0.755. The number of nitrogen functional groups attached to an aromatic ring is 1. The number of anilines is 1. The van der Waals surface area contributed by atoms with E-state index in [4.69, 9.17) is 5.73 Å². The fraction of sp³-hybridized carbons (Fsp3) is 0.350. The van der Waals surface area contributed by atoms with Crippen molar-refractivity contribution in [2.75, 3.05) is 12.3 Å². The number of likely N-dealkylation sites (tertiary alicyclic amines) is 1. The molecule has 0 saturated carbocycles. The molecule has 26 heavy (non-hydrogen) atoms. The number of nitrogens with two attached hydrogens (primary N) is 1. The molecule has 1 amide bonds. The zero-order valence-electron chi connectivity index (χ0n) is 15.1. The molecule has 6 nitrogen and oxygen atoms in total. The third-order valence-corrected chi connectivity index (χ3v) is 5.19. The minimum Gasteiger partial charge on any atom is -0.382 e. The lowest BCUT2D eigenvalue weighted by Crippen LogP contribution is -2.30. The molecule has 0 spiro atoms. The number of rotatable bonds is 3. The van der Waals surface area contributed by atoms with Crippen LogP contribution in [0.15, 0.2) is 36.5 Å². The van der Waals surface area contributed by atoms with Gasteiger partial charge in [-0.25, -0.2) is 4.98 Å². The van der Waals surface area contributed by atoms with Crippen molar-refractivity contribution >= 4 is 22.8 Å². The maximum Gasteiger partial charge on any atom is 0.255 e. The van der Waals surface area contributed by atoms with E-state index in [0.29, 0.717) is 28.3 Å². The highest BCUT2D eigenvalue weighted by atomic mass is 16.2. The molecule has 1 saturated heterocycles. The van der Waals surface area contributed by atoms with Crippen molar-refractivity contribution in [3.05, 3.63) is 53.2 Å². The number of pyridine rings is 1. The van der Waals surface area contributed by atoms with E-state index in [1.807, 2.05) is 4.90 Å². The number of nitrogens with zero attached hydrogens (tertiary/aromatic N) is 3. The molecule has 0 radical (unpaired) electrons. The van der Waals surface area contributed by atoms with Crippen molar-refractivity contribution in [1.29, 1.82) is 0 Å². The van der Waals surface area contributed by atoms with Crippen LogP contribution in [0.1, 0.15) is 60.1 Å². The third-order valence-electron chi connectivity index (χ3n) is 5.19. The number of carbonyl (C=O) groups excluding carboxylic acids is 1. The molecule has 1 atom stereocenters. The Balaban J connectivity index is 1.62. The minimum atomic E-state index is -0.00423. The number of amides is 1. The average molecular weight is 349 g/mol. The molecule has 1 aliphatic rings. The number of hydrogen-bond acceptors (Lipinski definition) is 4. The Morgan fingerprint density at radius 3 is 2.81 bits per heavy atom. The summed E-state index contributed by atoms with van der Waals surface area (Å²) < 4.78 is 0. The second-order valence-corrected chi connectivity index (χ2v) is 7.21. The summed E-state index contributed by atoms with van der Waals surface area (Å²) in [5.74, 6) is 0.864. The van der Waals surface area contributed by atoms with Crippen LogP contribution in [0.5, 0.6) is 0 Å². The van der Waals surface area contributed by atoms with Crippen molar-refractivity contribution in [3.8, 4) is 0 Å². The predicted molar refractivity (Wildman–Crippen MR) is 102 cm³/mol. The molecule has 2 aromatic heterocycles. The van der Waals surface area contributed by atoms with E-state index >= 15 is 0 Å². The fourth-order valence-electron chi connectivity index (χ4n) is 3.66. The minimum absolute atomic E-state index is 0.00423. The van der Waals surface area contributed by atoms with Crippen molar-refractivity contribution in [1.82, 2.24) is 20.1 Å². The van der Waals surface area contributed by atoms with Crippen LogP contribution >= 0.6 is 0 Å². The summed E-state index contributed by atoms with van der Waals surface area (Å²) in [7, 11) is 0. The normalized spacial score (nSPS) is 17.3. The largest absolute Gasteiger partial charge is 0.382 e. The summed E-state index contributed by atoms with van der Waals surface area (Å²) in [5.41, 5.74) is 9.51. The monoisotopic (exact) mass is 349 g/mol. The highest BCUT2D eigenvalue weighted by molar-refractivity contribution is 5.99. The Labute approximate surface area is 152 Å². The average Bonchev–Trinajstić information content (AvgIpc) is 3.28. The maximum absolute atomic E-state index is 13.1. The standard InChI is InChI=1S/C20H23N5O/c1-12(2)13-5-7-14(8-6-13)17-4-3-9-25(17)20(26)15-10-16-18(21)23-24-19(16)22-11-15/h5-8,10-12,17H,3-4,9H2,1-2H3,(H3,21,22,23,24). The zero-order chi connectivity index (χ0) is 18.3. The lowest BCUT2D eigenvalue weighted by molar-refractivity contribution is 0.0735. The summed E-state index contributed by atoms with van der Waals surface area (Å²) in [6.07, 6.45) is 3.58. The molecule has 0 aliphatic carbocycles. The van der Waals surface area contributed by atoms with E-state index in [1.165, 1.54) is 11.1 Å². The Kier molecular flexibility index (Phi) is 4.11. The first-order valence-electron chi connectivity index (χ1n) is 9.05. The molecular formula is C20H23N5O. The summed E-state index contributed by atoms with van der Waals surface area (Å²) in [6.45, 7) is 5.13. The Morgan fingerprint density at radius 1 is 1.31 bits per heavy atom. The first kappa shape index (κ1) is 16.6. The van der Waals surface area contributed by atoms with Gasteiger partial charge < -0.3 is 10.6 Å². The lowest BCUT2D eigenvalue weighted by Gasteiger charge is -2.25. The summed E-state index contributed by atoms with van der Waals surface area (Å²) in [5, 5.41) is 7.39. The summed E-state index contributed by atoms with van der Waals surface area (Å²) in [4.78, 5) is 19.3. The summed E-state index contributed by atoms with van der Waals surface area (Å²) >= 11 is 0. The molecule has 1 aromatic carbocycles. The van der Waals surface area contributed by atoms with Gasteiger partial charge in [-0.1, -0.05) is 38.1 Å². The van der Waals surface area contributed by atoms with Gasteiger partial charge >= 0.3 is 0 Å². The fourth-order valence-corrected chi connectivity index (χ4v) is 3.66. The first-order chi connectivity index (χ1) is 12.5. The van der Waals surface area contributed by atoms with Gasteiger partial charge in [-0.2, -0.15) is 5.10 Å². The van der Waals surface area contributed by atoms with Crippen molar-refractivity contribution in [3.63, 3.8) is 0 Å². The topological polar surface area (TPSA) is 87.9 Å². The van der Waals surface area contributed by atoms with Gasteiger partial charge in [-0.3, -0.25) is 9.89 Å². The van der Waals surface area contributed by atoms with E-state index in [-0.39, 0.29) is 11.9 Å². The lowest BCUT2D eigenvalue weighted by atomic mass is 9.98. The molecule has 3 N–H and O–H groups in total. The van der Waals surface area contributed by atoms with Crippen molar-refractivity contribution in [2.24, 2.45) is 0 Å². The Hall–Kier alpha value is -2.89. The highest BCUT2D eigenvalue weighted by Crippen LogP contribution is 2.34. The van der Waals surface area contributed by atoms with Crippen LogP contribution in [0.3, 0.4) is 0 Å². The van der Waals surface area contributed by atoms with Crippen molar-refractivity contribution in [2.45, 2.75) is 38.6 Å². The van der Waals surface area contributed by atoms with Crippen LogP contribution in [0.4, 0.5) is 5.82 Å². The first-order valence-corrected chi connectivity index (χ1v) is 9.05. The van der Waals surface area contributed by atoms with E-state index in [2.05, 4.69) is 53.3 Å². The SMILES string of the molecule is CC(C)c1ccc(C2CCCN2C(=O)c2cnc3[nH]nc(N)c3c2)cc1. The number of hydrogen-bond donors (Lipinski definition) is 2. The molecule has 1 fully saturated rings. The van der Waals surface area contributed by atoms with Crippen LogP contribution in [0, 0.1) is 0 Å². The van der Waals surface area contributed by atoms with E-state index in [0.717, 1.165) is 19.4 Å². The molecule has 4 rings (SSSR count). The van der Waals surface area contributed by atoms with Crippen LogP contribution in [0.2, 0.25) is 0 Å². The number of benzene rings is 1. The van der Waals surface area contributed by atoms with Gasteiger partial charge in [-0.05, 0) is 36.0 Å². The number of nitrogens with one attached hydrogen (secondary N) is 1.